The molecule has 131 valence electrons. The van der Waals surface area contributed by atoms with Crippen LogP contribution in [0.2, 0.25) is 5.02 Å². The van der Waals surface area contributed by atoms with Crippen molar-refractivity contribution in [3.63, 3.8) is 0 Å². The van der Waals surface area contributed by atoms with E-state index < -0.39 is 0 Å². The fourth-order valence-corrected chi connectivity index (χ4v) is 4.75. The molecule has 0 amide bonds. The topological polar surface area (TPSA) is 35.5 Å². The van der Waals surface area contributed by atoms with Crippen molar-refractivity contribution in [3.8, 4) is 11.5 Å². The van der Waals surface area contributed by atoms with Crippen LogP contribution >= 0.6 is 36.1 Å². The number of carbonyl (C=O) groups is 1. The zero-order chi connectivity index (χ0) is 17.8. The predicted molar refractivity (Wildman–Crippen MR) is 109 cm³/mol. The van der Waals surface area contributed by atoms with Crippen LogP contribution in [0.3, 0.4) is 0 Å². The van der Waals surface area contributed by atoms with Crippen molar-refractivity contribution in [1.82, 2.24) is 0 Å². The van der Waals surface area contributed by atoms with E-state index in [1.807, 2.05) is 0 Å². The van der Waals surface area contributed by atoms with E-state index >= 15 is 0 Å². The minimum atomic E-state index is 0. The molecule has 24 heavy (non-hydrogen) atoms. The summed E-state index contributed by atoms with van der Waals surface area (Å²) >= 11 is 9.59. The Bertz CT molecular complexity index is 548. The molecular weight excluding hydrogens is 405 g/mol. The van der Waals surface area contributed by atoms with Crippen molar-refractivity contribution in [2.24, 2.45) is 11.3 Å². The van der Waals surface area contributed by atoms with Gasteiger partial charge in [0.05, 0.1) is 23.7 Å². The Hall–Kier alpha value is 0.287. The third-order valence-electron chi connectivity index (χ3n) is 3.35. The van der Waals surface area contributed by atoms with E-state index in [9.17, 15) is 4.79 Å². The summed E-state index contributed by atoms with van der Waals surface area (Å²) in [5.41, 5.74) is 0.708. The Kier molecular flexibility index (Phi) is 10.6. The maximum atomic E-state index is 12.8. The van der Waals surface area contributed by atoms with Crippen molar-refractivity contribution in [2.45, 2.75) is 34.1 Å². The van der Waals surface area contributed by atoms with E-state index in [-0.39, 0.29) is 38.4 Å². The Labute approximate surface area is 172 Å². The molecule has 0 saturated heterocycles. The van der Waals surface area contributed by atoms with Gasteiger partial charge in [0.15, 0.2) is 11.3 Å². The molecule has 0 aliphatic heterocycles. The molecule has 0 spiro atoms. The molecule has 1 aromatic carbocycles. The van der Waals surface area contributed by atoms with Gasteiger partial charge in [0.25, 0.3) is 0 Å². The molecular formula is C17H25BrClLiO3P. The molecule has 7 heteroatoms. The maximum absolute atomic E-state index is 12.8. The van der Waals surface area contributed by atoms with Crippen LogP contribution in [0.5, 0.6) is 11.5 Å². The van der Waals surface area contributed by atoms with E-state index in [1.165, 1.54) is 14.2 Å². The molecule has 0 aromatic heterocycles. The van der Waals surface area contributed by atoms with Crippen LogP contribution in [0.25, 0.3) is 0 Å². The number of methoxy groups -OCH3 is 2. The van der Waals surface area contributed by atoms with Crippen LogP contribution in [-0.2, 0) is 0 Å². The summed E-state index contributed by atoms with van der Waals surface area (Å²) in [5, 5.41) is 0.399. The molecule has 0 aliphatic rings. The number of ether oxygens (including phenoxy) is 2. The summed E-state index contributed by atoms with van der Waals surface area (Å²) < 4.78 is 11.4. The van der Waals surface area contributed by atoms with Crippen molar-refractivity contribution >= 4 is 60.5 Å². The van der Waals surface area contributed by atoms with Gasteiger partial charge in [0, 0.05) is 18.9 Å². The average Bonchev–Trinajstić information content (AvgIpc) is 2.42. The monoisotopic (exact) mass is 429 g/mol. The van der Waals surface area contributed by atoms with Gasteiger partial charge in [-0.1, -0.05) is 39.3 Å². The molecule has 2 atom stereocenters. The molecule has 2 unspecified atom stereocenters. The van der Waals surface area contributed by atoms with E-state index in [0.717, 1.165) is 12.6 Å². The normalized spacial score (nSPS) is 12.8. The van der Waals surface area contributed by atoms with Crippen LogP contribution < -0.4 is 9.47 Å². The second-order valence-electron chi connectivity index (χ2n) is 6.86. The SMILES string of the molecule is COc1c(Cl)cc(Br)c(OC)c1C(=O)PCC(C)CC(C)(C)C.[Li]. The average molecular weight is 431 g/mol. The van der Waals surface area contributed by atoms with Gasteiger partial charge in [-0.25, -0.2) is 0 Å². The van der Waals surface area contributed by atoms with Crippen molar-refractivity contribution in [1.29, 1.82) is 0 Å². The first-order valence-electron chi connectivity index (χ1n) is 7.49. The maximum Gasteiger partial charge on any atom is 0.188 e. The standard InChI is InChI=1S/C17H25BrClO3P.Li/c1-10(8-17(2,3)4)9-23-16(20)13-14(21-5)11(18)7-12(19)15(13)22-6;/h7,10,23H,8-9H2,1-6H3;. The number of halogens is 2. The number of carbonyl (C=O) groups excluding carboxylic acids is 1. The van der Waals surface area contributed by atoms with E-state index in [1.54, 1.807) is 6.07 Å². The second kappa shape index (κ2) is 10.4. The number of benzene rings is 1. The molecule has 1 aromatic rings. The molecule has 0 heterocycles. The van der Waals surface area contributed by atoms with Crippen LogP contribution in [0.15, 0.2) is 10.5 Å². The second-order valence-corrected chi connectivity index (χ2v) is 9.34. The van der Waals surface area contributed by atoms with Gasteiger partial charge in [0.1, 0.15) is 11.3 Å². The number of hydrogen-bond donors (Lipinski definition) is 0. The summed E-state index contributed by atoms with van der Waals surface area (Å²) in [7, 11) is 3.21. The van der Waals surface area contributed by atoms with E-state index in [2.05, 4.69) is 43.6 Å². The van der Waals surface area contributed by atoms with Crippen molar-refractivity contribution in [3.05, 3.63) is 21.1 Å². The van der Waals surface area contributed by atoms with Gasteiger partial charge in [0.2, 0.25) is 0 Å². The van der Waals surface area contributed by atoms with Gasteiger partial charge in [-0.3, -0.25) is 4.79 Å². The molecule has 3 nitrogen and oxygen atoms in total. The fraction of sp³-hybridized carbons (Fsp3) is 0.588. The Balaban J connectivity index is 0.00000529. The zero-order valence-corrected chi connectivity index (χ0v) is 18.9. The van der Waals surface area contributed by atoms with E-state index in [0.29, 0.717) is 32.5 Å². The van der Waals surface area contributed by atoms with Crippen LogP contribution in [0, 0.1) is 11.3 Å². The van der Waals surface area contributed by atoms with Crippen LogP contribution in [0.1, 0.15) is 44.5 Å². The smallest absolute Gasteiger partial charge is 0.188 e. The quantitative estimate of drug-likeness (QED) is 0.415. The molecule has 0 aliphatic carbocycles. The summed E-state index contributed by atoms with van der Waals surface area (Å²) in [5.74, 6) is 1.34. The molecule has 0 fully saturated rings. The van der Waals surface area contributed by atoms with Gasteiger partial charge >= 0.3 is 0 Å². The molecule has 1 radical (unpaired) electrons. The molecule has 1 rings (SSSR count). The Morgan fingerprint density at radius 3 is 2.29 bits per heavy atom. The molecule has 0 bridgehead atoms. The van der Waals surface area contributed by atoms with Crippen LogP contribution in [-0.4, -0.2) is 44.8 Å². The number of rotatable bonds is 7. The Morgan fingerprint density at radius 1 is 1.29 bits per heavy atom. The third kappa shape index (κ3) is 6.89. The zero-order valence-electron chi connectivity index (χ0n) is 15.5. The van der Waals surface area contributed by atoms with Gasteiger partial charge < -0.3 is 9.47 Å². The minimum Gasteiger partial charge on any atom is -0.495 e. The number of hydrogen-bond acceptors (Lipinski definition) is 3. The van der Waals surface area contributed by atoms with Crippen LogP contribution in [0.4, 0.5) is 0 Å². The summed E-state index contributed by atoms with van der Waals surface area (Å²) in [6.45, 7) is 8.84. The minimum absolute atomic E-state index is 0. The third-order valence-corrected chi connectivity index (χ3v) is 5.69. The summed E-state index contributed by atoms with van der Waals surface area (Å²) in [6, 6.07) is 1.68. The summed E-state index contributed by atoms with van der Waals surface area (Å²) in [6.07, 6.45) is 1.94. The van der Waals surface area contributed by atoms with E-state index in [4.69, 9.17) is 21.1 Å². The van der Waals surface area contributed by atoms with Gasteiger partial charge in [-0.2, -0.15) is 0 Å². The summed E-state index contributed by atoms with van der Waals surface area (Å²) in [4.78, 5) is 12.8. The first kappa shape index (κ1) is 24.3. The van der Waals surface area contributed by atoms with Crippen molar-refractivity contribution in [2.75, 3.05) is 20.4 Å². The predicted octanol–water partition coefficient (Wildman–Crippen LogP) is 5.63. The Morgan fingerprint density at radius 2 is 1.83 bits per heavy atom. The largest absolute Gasteiger partial charge is 0.495 e. The molecule has 0 N–H and O–H groups in total. The molecule has 0 saturated carbocycles. The van der Waals surface area contributed by atoms with Gasteiger partial charge in [-0.05, 0) is 54.5 Å². The first-order valence-corrected chi connectivity index (χ1v) is 9.86. The fourth-order valence-electron chi connectivity index (χ4n) is 2.66. The first-order chi connectivity index (χ1) is 10.6. The van der Waals surface area contributed by atoms with Gasteiger partial charge in [-0.15, -0.1) is 0 Å². The van der Waals surface area contributed by atoms with Crippen molar-refractivity contribution < 1.29 is 14.3 Å².